The molecule has 102 valence electrons. The molecule has 0 spiro atoms. The van der Waals surface area contributed by atoms with E-state index in [4.69, 9.17) is 11.3 Å². The largest absolute Gasteiger partial charge is 0.391 e. The Kier molecular flexibility index (Phi) is 4.59. The molecule has 2 unspecified atom stereocenters. The van der Waals surface area contributed by atoms with Crippen LogP contribution in [0, 0.1) is 15.9 Å². The number of halogens is 1. The fourth-order valence-electron chi connectivity index (χ4n) is 1.39. The lowest BCUT2D eigenvalue weighted by molar-refractivity contribution is -0.384. The minimum absolute atomic E-state index is 0.237. The first-order chi connectivity index (χ1) is 8.88. The first-order valence-electron chi connectivity index (χ1n) is 4.98. The van der Waals surface area contributed by atoms with Crippen LogP contribution < -0.4 is 5.73 Å². The molecule has 9 nitrogen and oxygen atoms in total. The molecule has 0 saturated carbocycles. The van der Waals surface area contributed by atoms with Crippen molar-refractivity contribution in [2.45, 2.75) is 12.2 Å². The van der Waals surface area contributed by atoms with Crippen molar-refractivity contribution in [3.63, 3.8) is 0 Å². The van der Waals surface area contributed by atoms with Crippen LogP contribution in [0.5, 0.6) is 0 Å². The topological polar surface area (TPSA) is 158 Å². The number of nitrogen functional groups attached to an aromatic ring is 1. The number of nitrogens with zero attached hydrogens (tertiary/aromatic N) is 4. The molecule has 0 amide bonds. The van der Waals surface area contributed by atoms with Gasteiger partial charge in [0, 0.05) is 11.0 Å². The van der Waals surface area contributed by atoms with Crippen molar-refractivity contribution in [3.05, 3.63) is 44.1 Å². The molecule has 0 aliphatic rings. The number of aliphatic hydroxyl groups is 2. The zero-order valence-electron chi connectivity index (χ0n) is 9.47. The summed E-state index contributed by atoms with van der Waals surface area (Å²) in [7, 11) is 0. The Balaban J connectivity index is 3.13. The molecule has 0 bridgehead atoms. The third-order valence-electron chi connectivity index (χ3n) is 2.36. The highest BCUT2D eigenvalue weighted by molar-refractivity contribution is 5.60. The molecule has 0 aliphatic carbocycles. The van der Waals surface area contributed by atoms with E-state index in [9.17, 15) is 24.7 Å². The number of hydrogen-bond acceptors (Lipinski definition) is 6. The number of nitrogens with two attached hydrogens (primary N) is 1. The Morgan fingerprint density at radius 3 is 2.74 bits per heavy atom. The Labute approximate surface area is 105 Å². The molecule has 0 aliphatic heterocycles. The van der Waals surface area contributed by atoms with Crippen molar-refractivity contribution in [1.29, 1.82) is 0 Å². The van der Waals surface area contributed by atoms with Crippen molar-refractivity contribution in [1.82, 2.24) is 0 Å². The molecule has 1 rings (SSSR count). The van der Waals surface area contributed by atoms with E-state index in [0.29, 0.717) is 0 Å². The fraction of sp³-hybridized carbons (Fsp3) is 0.333. The van der Waals surface area contributed by atoms with Gasteiger partial charge in [-0.25, -0.2) is 4.39 Å². The van der Waals surface area contributed by atoms with Crippen LogP contribution in [0.4, 0.5) is 15.8 Å². The molecule has 4 N–H and O–H groups in total. The maximum Gasteiger partial charge on any atom is 0.295 e. The smallest absolute Gasteiger partial charge is 0.295 e. The SMILES string of the molecule is [N-]=[N+]=NCC(O)C(O)c1cc(F)c(N)c([N+](=O)[O-])c1. The lowest BCUT2D eigenvalue weighted by Gasteiger charge is -2.16. The summed E-state index contributed by atoms with van der Waals surface area (Å²) >= 11 is 0. The standard InChI is InChI=1S/C9H10FN5O4/c10-5-1-4(2-6(8(5)11)15(18)19)9(17)7(16)3-13-14-12/h1-2,7,9,16-17H,3,11H2. The number of anilines is 1. The van der Waals surface area contributed by atoms with Gasteiger partial charge in [-0.1, -0.05) is 5.11 Å². The summed E-state index contributed by atoms with van der Waals surface area (Å²) in [4.78, 5) is 12.1. The number of aliphatic hydroxyl groups excluding tert-OH is 2. The Bertz CT molecular complexity index is 546. The van der Waals surface area contributed by atoms with Crippen LogP contribution in [-0.2, 0) is 0 Å². The Hall–Kier alpha value is -2.42. The first kappa shape index (κ1) is 14.6. The van der Waals surface area contributed by atoms with Gasteiger partial charge in [-0.3, -0.25) is 10.1 Å². The average Bonchev–Trinajstić information content (AvgIpc) is 2.37. The lowest BCUT2D eigenvalue weighted by Crippen LogP contribution is -2.21. The quantitative estimate of drug-likeness (QED) is 0.182. The summed E-state index contributed by atoms with van der Waals surface area (Å²) in [5, 5.41) is 32.8. The minimum atomic E-state index is -1.64. The molecule has 19 heavy (non-hydrogen) atoms. The highest BCUT2D eigenvalue weighted by atomic mass is 19.1. The number of nitro groups is 1. The van der Waals surface area contributed by atoms with E-state index < -0.39 is 40.9 Å². The van der Waals surface area contributed by atoms with Gasteiger partial charge in [0.25, 0.3) is 5.69 Å². The highest BCUT2D eigenvalue weighted by Gasteiger charge is 2.24. The second kappa shape index (κ2) is 5.96. The first-order valence-corrected chi connectivity index (χ1v) is 4.98. The number of benzene rings is 1. The third-order valence-corrected chi connectivity index (χ3v) is 2.36. The van der Waals surface area contributed by atoms with Gasteiger partial charge in [0.2, 0.25) is 0 Å². The van der Waals surface area contributed by atoms with Crippen molar-refractivity contribution in [2.24, 2.45) is 5.11 Å². The van der Waals surface area contributed by atoms with Gasteiger partial charge in [0.1, 0.15) is 11.8 Å². The predicted molar refractivity (Wildman–Crippen MR) is 62.4 cm³/mol. The monoisotopic (exact) mass is 271 g/mol. The minimum Gasteiger partial charge on any atom is -0.391 e. The van der Waals surface area contributed by atoms with E-state index in [0.717, 1.165) is 12.1 Å². The summed E-state index contributed by atoms with van der Waals surface area (Å²) in [6, 6.07) is 1.62. The van der Waals surface area contributed by atoms with Gasteiger partial charge < -0.3 is 15.9 Å². The van der Waals surface area contributed by atoms with Crippen molar-refractivity contribution >= 4 is 11.4 Å². The molecule has 1 aromatic carbocycles. The molecule has 0 radical (unpaired) electrons. The summed E-state index contributed by atoms with van der Waals surface area (Å²) in [5.41, 5.74) is 11.6. The molecule has 2 atom stereocenters. The van der Waals surface area contributed by atoms with E-state index in [1.54, 1.807) is 0 Å². The van der Waals surface area contributed by atoms with Gasteiger partial charge in [0.05, 0.1) is 17.6 Å². The van der Waals surface area contributed by atoms with E-state index in [2.05, 4.69) is 10.0 Å². The average molecular weight is 271 g/mol. The van der Waals surface area contributed by atoms with E-state index in [-0.39, 0.29) is 5.56 Å². The number of rotatable bonds is 5. The van der Waals surface area contributed by atoms with Gasteiger partial charge >= 0.3 is 0 Å². The van der Waals surface area contributed by atoms with Crippen LogP contribution >= 0.6 is 0 Å². The van der Waals surface area contributed by atoms with Crippen LogP contribution in [0.2, 0.25) is 0 Å². The molecule has 0 aromatic heterocycles. The number of hydrogen-bond donors (Lipinski definition) is 3. The van der Waals surface area contributed by atoms with Crippen LogP contribution in [0.3, 0.4) is 0 Å². The van der Waals surface area contributed by atoms with E-state index in [1.807, 2.05) is 0 Å². The molecule has 1 aromatic rings. The third kappa shape index (κ3) is 3.28. The summed E-state index contributed by atoms with van der Waals surface area (Å²) in [6.07, 6.45) is -3.15. The maximum absolute atomic E-state index is 13.4. The maximum atomic E-state index is 13.4. The Morgan fingerprint density at radius 2 is 2.21 bits per heavy atom. The summed E-state index contributed by atoms with van der Waals surface area (Å²) < 4.78 is 13.4. The zero-order chi connectivity index (χ0) is 14.6. The predicted octanol–water partition coefficient (Wildman–Crippen LogP) is 1.02. The van der Waals surface area contributed by atoms with Crippen molar-refractivity contribution in [3.8, 4) is 0 Å². The lowest BCUT2D eigenvalue weighted by atomic mass is 10.0. The molecule has 10 heteroatoms. The van der Waals surface area contributed by atoms with Crippen molar-refractivity contribution in [2.75, 3.05) is 12.3 Å². The van der Waals surface area contributed by atoms with Crippen LogP contribution in [0.1, 0.15) is 11.7 Å². The van der Waals surface area contributed by atoms with E-state index >= 15 is 0 Å². The van der Waals surface area contributed by atoms with E-state index in [1.165, 1.54) is 0 Å². The van der Waals surface area contributed by atoms with Crippen LogP contribution in [0.15, 0.2) is 17.2 Å². The second-order valence-corrected chi connectivity index (χ2v) is 3.62. The van der Waals surface area contributed by atoms with Crippen molar-refractivity contribution < 1.29 is 19.5 Å². The number of nitro benzene ring substituents is 1. The second-order valence-electron chi connectivity index (χ2n) is 3.62. The van der Waals surface area contributed by atoms with Gasteiger partial charge in [-0.05, 0) is 17.2 Å². The zero-order valence-corrected chi connectivity index (χ0v) is 9.47. The molecular weight excluding hydrogens is 261 g/mol. The summed E-state index contributed by atoms with van der Waals surface area (Å²) in [6.45, 7) is -0.461. The number of azide groups is 1. The Morgan fingerprint density at radius 1 is 1.58 bits per heavy atom. The molecule has 0 heterocycles. The van der Waals surface area contributed by atoms with Crippen LogP contribution in [0.25, 0.3) is 10.4 Å². The van der Waals surface area contributed by atoms with Crippen LogP contribution in [-0.4, -0.2) is 27.8 Å². The molecule has 0 saturated heterocycles. The summed E-state index contributed by atoms with van der Waals surface area (Å²) in [5.74, 6) is -1.08. The fourth-order valence-corrected chi connectivity index (χ4v) is 1.39. The highest BCUT2D eigenvalue weighted by Crippen LogP contribution is 2.30. The molecule has 0 fully saturated rings. The normalized spacial score (nSPS) is 13.4. The molecular formula is C9H10FN5O4. The van der Waals surface area contributed by atoms with Gasteiger partial charge in [-0.15, -0.1) is 0 Å². The van der Waals surface area contributed by atoms with Gasteiger partial charge in [0.15, 0.2) is 5.82 Å². The van der Waals surface area contributed by atoms with Gasteiger partial charge in [-0.2, -0.15) is 0 Å².